The van der Waals surface area contributed by atoms with Crippen LogP contribution in [-0.2, 0) is 4.74 Å². The van der Waals surface area contributed by atoms with E-state index >= 15 is 0 Å². The zero-order valence-corrected chi connectivity index (χ0v) is 11.3. The number of nitrogens with zero attached hydrogens (tertiary/aromatic N) is 3. The fourth-order valence-electron chi connectivity index (χ4n) is 1.99. The Morgan fingerprint density at radius 3 is 2.55 bits per heavy atom. The van der Waals surface area contributed by atoms with Gasteiger partial charge < -0.3 is 20.1 Å². The lowest BCUT2D eigenvalue weighted by Crippen LogP contribution is -2.56. The Kier molecular flexibility index (Phi) is 5.24. The molecule has 0 spiro atoms. The van der Waals surface area contributed by atoms with E-state index in [0.29, 0.717) is 0 Å². The summed E-state index contributed by atoms with van der Waals surface area (Å²) in [6.45, 7) is -0.419. The van der Waals surface area contributed by atoms with Crippen molar-refractivity contribution >= 4 is 11.8 Å². The molecule has 1 fully saturated rings. The first-order valence-corrected chi connectivity index (χ1v) is 6.93. The van der Waals surface area contributed by atoms with Gasteiger partial charge in [-0.1, -0.05) is 35.1 Å². The Labute approximate surface area is 119 Å². The van der Waals surface area contributed by atoms with Gasteiger partial charge in [0.1, 0.15) is 17.6 Å². The van der Waals surface area contributed by atoms with E-state index < -0.39 is 36.4 Å². The molecule has 0 aromatic heterocycles. The van der Waals surface area contributed by atoms with E-state index in [0.717, 1.165) is 4.90 Å². The van der Waals surface area contributed by atoms with Crippen molar-refractivity contribution in [1.82, 2.24) is 0 Å². The first kappa shape index (κ1) is 15.1. The molecule has 1 aromatic rings. The van der Waals surface area contributed by atoms with Crippen LogP contribution in [-0.4, -0.2) is 51.7 Å². The third kappa shape index (κ3) is 3.24. The molecule has 0 radical (unpaired) electrons. The van der Waals surface area contributed by atoms with Crippen LogP contribution in [0.2, 0.25) is 0 Å². The second-order valence-electron chi connectivity index (χ2n) is 4.33. The molecule has 0 unspecified atom stereocenters. The molecular weight excluding hydrogens is 282 g/mol. The Hall–Kier alpha value is -1.28. The summed E-state index contributed by atoms with van der Waals surface area (Å²) >= 11 is 1.25. The van der Waals surface area contributed by atoms with Gasteiger partial charge in [0.2, 0.25) is 0 Å². The maximum Gasteiger partial charge on any atom is 0.134 e. The third-order valence-electron chi connectivity index (χ3n) is 3.03. The highest BCUT2D eigenvalue weighted by molar-refractivity contribution is 7.99. The summed E-state index contributed by atoms with van der Waals surface area (Å²) in [7, 11) is 0. The highest BCUT2D eigenvalue weighted by Gasteiger charge is 2.44. The Balaban J connectivity index is 2.17. The van der Waals surface area contributed by atoms with Crippen LogP contribution in [0.3, 0.4) is 0 Å². The number of benzene rings is 1. The van der Waals surface area contributed by atoms with Gasteiger partial charge in [-0.2, -0.15) is 0 Å². The summed E-state index contributed by atoms with van der Waals surface area (Å²) in [4.78, 5) is 3.49. The highest BCUT2D eigenvalue weighted by atomic mass is 32.2. The van der Waals surface area contributed by atoms with E-state index in [1.165, 1.54) is 11.8 Å². The van der Waals surface area contributed by atoms with Crippen molar-refractivity contribution in [2.45, 2.75) is 34.7 Å². The smallest absolute Gasteiger partial charge is 0.134 e. The average Bonchev–Trinajstić information content (AvgIpc) is 2.47. The zero-order valence-electron chi connectivity index (χ0n) is 10.5. The van der Waals surface area contributed by atoms with Gasteiger partial charge >= 0.3 is 0 Å². The van der Waals surface area contributed by atoms with Gasteiger partial charge in [0.15, 0.2) is 0 Å². The number of hydrogen-bond acceptors (Lipinski definition) is 6. The van der Waals surface area contributed by atoms with Crippen LogP contribution in [0.5, 0.6) is 0 Å². The van der Waals surface area contributed by atoms with Crippen LogP contribution >= 0.6 is 11.8 Å². The minimum atomic E-state index is -1.24. The van der Waals surface area contributed by atoms with Crippen LogP contribution in [0, 0.1) is 0 Å². The van der Waals surface area contributed by atoms with E-state index in [1.54, 1.807) is 0 Å². The van der Waals surface area contributed by atoms with Crippen molar-refractivity contribution in [3.8, 4) is 0 Å². The van der Waals surface area contributed by atoms with Crippen LogP contribution < -0.4 is 0 Å². The fourth-order valence-corrected chi connectivity index (χ4v) is 3.08. The van der Waals surface area contributed by atoms with Crippen molar-refractivity contribution in [2.24, 2.45) is 5.11 Å². The highest BCUT2D eigenvalue weighted by Crippen LogP contribution is 2.34. The van der Waals surface area contributed by atoms with Crippen molar-refractivity contribution in [2.75, 3.05) is 6.61 Å². The van der Waals surface area contributed by atoms with Gasteiger partial charge in [-0.15, -0.1) is 0 Å². The number of thioether (sulfide) groups is 1. The van der Waals surface area contributed by atoms with Gasteiger partial charge in [0.05, 0.1) is 18.8 Å². The molecule has 0 aliphatic carbocycles. The number of aliphatic hydroxyl groups excluding tert-OH is 3. The molecule has 0 bridgehead atoms. The van der Waals surface area contributed by atoms with Crippen LogP contribution in [0.4, 0.5) is 0 Å². The molecule has 0 amide bonds. The average molecular weight is 297 g/mol. The molecule has 108 valence electrons. The molecule has 8 heteroatoms. The van der Waals surface area contributed by atoms with E-state index in [2.05, 4.69) is 10.0 Å². The minimum Gasteiger partial charge on any atom is -0.394 e. The van der Waals surface area contributed by atoms with Gasteiger partial charge in [-0.25, -0.2) is 0 Å². The second-order valence-corrected chi connectivity index (χ2v) is 5.50. The van der Waals surface area contributed by atoms with Crippen LogP contribution in [0.25, 0.3) is 10.4 Å². The predicted molar refractivity (Wildman–Crippen MR) is 73.0 cm³/mol. The molecule has 5 atom stereocenters. The summed E-state index contributed by atoms with van der Waals surface area (Å²) < 4.78 is 5.47. The van der Waals surface area contributed by atoms with Gasteiger partial charge in [-0.05, 0) is 17.7 Å². The molecule has 3 N–H and O–H groups in total. The maximum atomic E-state index is 10.2. The van der Waals surface area contributed by atoms with Crippen molar-refractivity contribution in [1.29, 1.82) is 0 Å². The molecule has 20 heavy (non-hydrogen) atoms. The number of hydrogen-bond donors (Lipinski definition) is 3. The topological polar surface area (TPSA) is 119 Å². The van der Waals surface area contributed by atoms with Crippen LogP contribution in [0.1, 0.15) is 0 Å². The summed E-state index contributed by atoms with van der Waals surface area (Å²) in [6.07, 6.45) is -3.29. The number of rotatable bonds is 4. The number of azide groups is 1. The van der Waals surface area contributed by atoms with Gasteiger partial charge in [0.25, 0.3) is 0 Å². The Bertz CT molecular complexity index is 483. The minimum absolute atomic E-state index is 0.419. The number of ether oxygens (including phenoxy) is 1. The van der Waals surface area contributed by atoms with Gasteiger partial charge in [-0.3, -0.25) is 0 Å². The SMILES string of the molecule is [N-]=[N+]=N[C@@H]1[C@H](O)[C@@H](Sc2ccccc2)O[C@H](CO)[C@H]1O. The summed E-state index contributed by atoms with van der Waals surface area (Å²) in [5.41, 5.74) is 7.79. The lowest BCUT2D eigenvalue weighted by atomic mass is 9.98. The molecular formula is C12H15N3O4S. The third-order valence-corrected chi connectivity index (χ3v) is 4.20. The van der Waals surface area contributed by atoms with Crippen molar-refractivity contribution in [3.63, 3.8) is 0 Å². The van der Waals surface area contributed by atoms with Crippen molar-refractivity contribution in [3.05, 3.63) is 40.8 Å². The fraction of sp³-hybridized carbons (Fsp3) is 0.500. The summed E-state index contributed by atoms with van der Waals surface area (Å²) in [5.74, 6) is 0. The van der Waals surface area contributed by atoms with Crippen LogP contribution in [0.15, 0.2) is 40.3 Å². The molecule has 1 aromatic carbocycles. The standard InChI is InChI=1S/C12H15N3O4S/c13-15-14-9-10(17)8(6-16)19-12(11(9)18)20-7-4-2-1-3-5-7/h1-5,8-12,16-18H,6H2/t8-,9+,10-,11+,12-/m1/s1. The molecule has 1 heterocycles. The molecule has 0 saturated carbocycles. The first-order chi connectivity index (χ1) is 9.67. The summed E-state index contributed by atoms with van der Waals surface area (Å²) in [6, 6.07) is 8.21. The molecule has 1 aliphatic heterocycles. The maximum absolute atomic E-state index is 10.2. The molecule has 1 saturated heterocycles. The Morgan fingerprint density at radius 2 is 1.95 bits per heavy atom. The van der Waals surface area contributed by atoms with E-state index in [9.17, 15) is 15.3 Å². The molecule has 1 aliphatic rings. The number of aliphatic hydroxyl groups is 3. The summed E-state index contributed by atoms with van der Waals surface area (Å²) in [5, 5.41) is 32.7. The monoisotopic (exact) mass is 297 g/mol. The van der Waals surface area contributed by atoms with E-state index in [-0.39, 0.29) is 0 Å². The first-order valence-electron chi connectivity index (χ1n) is 6.05. The van der Waals surface area contributed by atoms with E-state index in [1.807, 2.05) is 30.3 Å². The second kappa shape index (κ2) is 6.94. The normalized spacial score (nSPS) is 33.5. The van der Waals surface area contributed by atoms with E-state index in [4.69, 9.17) is 10.3 Å². The predicted octanol–water partition coefficient (Wildman–Crippen LogP) is 0.897. The lowest BCUT2D eigenvalue weighted by Gasteiger charge is -2.40. The molecule has 7 nitrogen and oxygen atoms in total. The molecule has 2 rings (SSSR count). The quantitative estimate of drug-likeness (QED) is 0.433. The van der Waals surface area contributed by atoms with Crippen molar-refractivity contribution < 1.29 is 20.1 Å². The largest absolute Gasteiger partial charge is 0.394 e. The Morgan fingerprint density at radius 1 is 1.25 bits per heavy atom. The lowest BCUT2D eigenvalue weighted by molar-refractivity contribution is -0.159. The zero-order chi connectivity index (χ0) is 14.5. The van der Waals surface area contributed by atoms with Gasteiger partial charge in [0, 0.05) is 9.81 Å².